The molecular weight excluding hydrogens is 474 g/mol. The Bertz CT molecular complexity index is 1540. The fourth-order valence-corrected chi connectivity index (χ4v) is 4.57. The number of benzene rings is 3. The highest BCUT2D eigenvalue weighted by Crippen LogP contribution is 2.20. The van der Waals surface area contributed by atoms with Crippen LogP contribution >= 0.6 is 0 Å². The lowest BCUT2D eigenvalue weighted by molar-refractivity contribution is 0.0952. The van der Waals surface area contributed by atoms with Gasteiger partial charge in [-0.15, -0.1) is 0 Å². The summed E-state index contributed by atoms with van der Waals surface area (Å²) in [5.41, 5.74) is 2.86. The molecule has 10 heteroatoms. The highest BCUT2D eigenvalue weighted by atomic mass is 32.2. The highest BCUT2D eigenvalue weighted by molar-refractivity contribution is 7.89. The topological polar surface area (TPSA) is 101 Å². The van der Waals surface area contributed by atoms with Crippen molar-refractivity contribution in [3.05, 3.63) is 100 Å². The predicted octanol–water partition coefficient (Wildman–Crippen LogP) is 3.93. The molecule has 0 fully saturated rings. The van der Waals surface area contributed by atoms with Gasteiger partial charge in [0.25, 0.3) is 5.91 Å². The van der Waals surface area contributed by atoms with Crippen LogP contribution in [0.2, 0.25) is 0 Å². The molecule has 4 rings (SSSR count). The zero-order valence-electron chi connectivity index (χ0n) is 19.0. The van der Waals surface area contributed by atoms with Crippen molar-refractivity contribution in [2.45, 2.75) is 31.8 Å². The molecular formula is C25H22F2N4O3S. The lowest BCUT2D eigenvalue weighted by Gasteiger charge is -2.11. The van der Waals surface area contributed by atoms with E-state index in [1.165, 1.54) is 36.4 Å². The van der Waals surface area contributed by atoms with E-state index in [0.717, 1.165) is 6.07 Å². The third-order valence-corrected chi connectivity index (χ3v) is 6.81. The van der Waals surface area contributed by atoms with E-state index < -0.39 is 27.6 Å². The van der Waals surface area contributed by atoms with Crippen molar-refractivity contribution in [1.29, 1.82) is 0 Å². The van der Waals surface area contributed by atoms with Crippen molar-refractivity contribution in [3.63, 3.8) is 0 Å². The van der Waals surface area contributed by atoms with Gasteiger partial charge in [0.1, 0.15) is 17.2 Å². The summed E-state index contributed by atoms with van der Waals surface area (Å²) in [6.45, 7) is 3.43. The molecule has 0 aliphatic rings. The van der Waals surface area contributed by atoms with Crippen LogP contribution in [0.25, 0.3) is 11.0 Å². The fraction of sp³-hybridized carbons (Fsp3) is 0.160. The predicted molar refractivity (Wildman–Crippen MR) is 127 cm³/mol. The average molecular weight is 497 g/mol. The van der Waals surface area contributed by atoms with Crippen LogP contribution < -0.4 is 10.0 Å². The molecule has 1 amide bonds. The summed E-state index contributed by atoms with van der Waals surface area (Å²) >= 11 is 0. The molecule has 0 aliphatic carbocycles. The number of carbonyl (C=O) groups excluding carboxylic acids is 1. The molecule has 0 saturated carbocycles. The van der Waals surface area contributed by atoms with Crippen molar-refractivity contribution in [3.8, 4) is 0 Å². The van der Waals surface area contributed by atoms with Gasteiger partial charge in [-0.1, -0.05) is 24.3 Å². The van der Waals surface area contributed by atoms with E-state index in [4.69, 9.17) is 0 Å². The van der Waals surface area contributed by atoms with Gasteiger partial charge < -0.3 is 5.32 Å². The van der Waals surface area contributed by atoms with E-state index in [0.29, 0.717) is 22.5 Å². The largest absolute Gasteiger partial charge is 0.348 e. The number of fused-ring (bicyclic) bond motifs is 1. The van der Waals surface area contributed by atoms with Gasteiger partial charge in [-0.05, 0) is 55.3 Å². The van der Waals surface area contributed by atoms with Gasteiger partial charge in [0.05, 0.1) is 27.4 Å². The zero-order chi connectivity index (χ0) is 25.2. The standard InChI is InChI=1S/C25H22F2N4O3S/c1-15-16(2)31-24-22(11-20(27)12-23(24)30-15)25(32)28-13-18-6-4-8-21(10-18)35(33,34)29-14-17-5-3-7-19(26)9-17/h3-12,29H,13-14H2,1-2H3,(H,28,32). The third kappa shape index (κ3) is 5.67. The molecule has 0 atom stereocenters. The minimum Gasteiger partial charge on any atom is -0.348 e. The normalized spacial score (nSPS) is 11.5. The van der Waals surface area contributed by atoms with Crippen molar-refractivity contribution < 1.29 is 22.0 Å². The molecule has 0 aliphatic heterocycles. The quantitative estimate of drug-likeness (QED) is 0.404. The number of nitrogens with one attached hydrogen (secondary N) is 2. The van der Waals surface area contributed by atoms with E-state index in [1.807, 2.05) is 0 Å². The number of carbonyl (C=O) groups is 1. The summed E-state index contributed by atoms with van der Waals surface area (Å²) in [4.78, 5) is 21.5. The van der Waals surface area contributed by atoms with Gasteiger partial charge in [0, 0.05) is 19.2 Å². The van der Waals surface area contributed by atoms with E-state index in [9.17, 15) is 22.0 Å². The number of nitrogens with zero attached hydrogens (tertiary/aromatic N) is 2. The van der Waals surface area contributed by atoms with Crippen LogP contribution in [0.5, 0.6) is 0 Å². The molecule has 1 heterocycles. The maximum absolute atomic E-state index is 14.1. The first-order valence-corrected chi connectivity index (χ1v) is 12.2. The number of amides is 1. The highest BCUT2D eigenvalue weighted by Gasteiger charge is 2.17. The number of hydrogen-bond donors (Lipinski definition) is 2. The van der Waals surface area contributed by atoms with Gasteiger partial charge in [0.15, 0.2) is 0 Å². The van der Waals surface area contributed by atoms with Crippen molar-refractivity contribution in [2.24, 2.45) is 0 Å². The third-order valence-electron chi connectivity index (χ3n) is 5.41. The summed E-state index contributed by atoms with van der Waals surface area (Å²) in [6.07, 6.45) is 0. The molecule has 7 nitrogen and oxygen atoms in total. The second-order valence-electron chi connectivity index (χ2n) is 8.00. The Balaban J connectivity index is 1.49. The first-order chi connectivity index (χ1) is 16.6. The maximum Gasteiger partial charge on any atom is 0.253 e. The molecule has 180 valence electrons. The van der Waals surface area contributed by atoms with E-state index in [-0.39, 0.29) is 34.6 Å². The second kappa shape index (κ2) is 9.85. The van der Waals surface area contributed by atoms with Gasteiger partial charge in [0.2, 0.25) is 10.0 Å². The molecule has 3 aromatic carbocycles. The lowest BCUT2D eigenvalue weighted by Crippen LogP contribution is -2.25. The Labute approximate surface area is 201 Å². The Morgan fingerprint density at radius 3 is 2.29 bits per heavy atom. The molecule has 0 spiro atoms. The number of sulfonamides is 1. The Kier molecular flexibility index (Phi) is 6.86. The van der Waals surface area contributed by atoms with Crippen LogP contribution in [-0.4, -0.2) is 24.3 Å². The van der Waals surface area contributed by atoms with E-state index in [1.54, 1.807) is 32.0 Å². The molecule has 1 aromatic heterocycles. The molecule has 0 bridgehead atoms. The maximum atomic E-state index is 14.1. The zero-order valence-corrected chi connectivity index (χ0v) is 19.8. The number of hydrogen-bond acceptors (Lipinski definition) is 5. The Hall–Kier alpha value is -3.76. The van der Waals surface area contributed by atoms with Crippen LogP contribution in [0.4, 0.5) is 8.78 Å². The summed E-state index contributed by atoms with van der Waals surface area (Å²) in [5.74, 6) is -1.64. The smallest absolute Gasteiger partial charge is 0.253 e. The molecule has 0 radical (unpaired) electrons. The summed E-state index contributed by atoms with van der Waals surface area (Å²) < 4.78 is 55.3. The first-order valence-electron chi connectivity index (χ1n) is 10.7. The minimum absolute atomic E-state index is 0.00235. The summed E-state index contributed by atoms with van der Waals surface area (Å²) in [5, 5.41) is 2.68. The van der Waals surface area contributed by atoms with E-state index >= 15 is 0 Å². The van der Waals surface area contributed by atoms with Crippen molar-refractivity contribution in [1.82, 2.24) is 20.0 Å². The van der Waals surface area contributed by atoms with Gasteiger partial charge in [-0.25, -0.2) is 31.9 Å². The molecule has 2 N–H and O–H groups in total. The number of halogens is 2. The monoisotopic (exact) mass is 496 g/mol. The molecule has 4 aromatic rings. The molecule has 0 saturated heterocycles. The molecule has 0 unspecified atom stereocenters. The number of aryl methyl sites for hydroxylation is 2. The van der Waals surface area contributed by atoms with E-state index in [2.05, 4.69) is 20.0 Å². The summed E-state index contributed by atoms with van der Waals surface area (Å²) in [7, 11) is -3.88. The summed E-state index contributed by atoms with van der Waals surface area (Å²) in [6, 6.07) is 14.0. The number of rotatable bonds is 7. The van der Waals surface area contributed by atoms with Gasteiger partial charge >= 0.3 is 0 Å². The van der Waals surface area contributed by atoms with Crippen LogP contribution in [0.15, 0.2) is 65.6 Å². The average Bonchev–Trinajstić information content (AvgIpc) is 2.82. The van der Waals surface area contributed by atoms with Crippen LogP contribution in [-0.2, 0) is 23.1 Å². The fourth-order valence-electron chi connectivity index (χ4n) is 3.48. The van der Waals surface area contributed by atoms with Gasteiger partial charge in [-0.3, -0.25) is 4.79 Å². The van der Waals surface area contributed by atoms with Crippen molar-refractivity contribution in [2.75, 3.05) is 0 Å². The Morgan fingerprint density at radius 1 is 0.857 bits per heavy atom. The van der Waals surface area contributed by atoms with Crippen LogP contribution in [0.1, 0.15) is 32.9 Å². The first kappa shape index (κ1) is 24.4. The second-order valence-corrected chi connectivity index (χ2v) is 9.77. The SMILES string of the molecule is Cc1nc2cc(F)cc(C(=O)NCc3cccc(S(=O)(=O)NCc4cccc(F)c4)c3)c2nc1C. The Morgan fingerprint density at radius 2 is 1.54 bits per heavy atom. The minimum atomic E-state index is -3.88. The molecule has 35 heavy (non-hydrogen) atoms. The van der Waals surface area contributed by atoms with Crippen LogP contribution in [0.3, 0.4) is 0 Å². The van der Waals surface area contributed by atoms with Crippen LogP contribution in [0, 0.1) is 25.5 Å². The lowest BCUT2D eigenvalue weighted by atomic mass is 10.1. The van der Waals surface area contributed by atoms with Gasteiger partial charge in [-0.2, -0.15) is 0 Å². The van der Waals surface area contributed by atoms with Crippen molar-refractivity contribution >= 4 is 27.0 Å². The number of aromatic nitrogens is 2.